The molecule has 0 aromatic heterocycles. The number of likely N-dealkylation sites (tertiary alicyclic amines) is 1. The van der Waals surface area contributed by atoms with E-state index in [9.17, 15) is 8.42 Å². The molecule has 1 N–H and O–H groups in total. The highest BCUT2D eigenvalue weighted by Crippen LogP contribution is 2.18. The predicted molar refractivity (Wildman–Crippen MR) is 106 cm³/mol. The van der Waals surface area contributed by atoms with Gasteiger partial charge in [0, 0.05) is 13.1 Å². The van der Waals surface area contributed by atoms with Gasteiger partial charge in [-0.05, 0) is 74.2 Å². The van der Waals surface area contributed by atoms with Crippen molar-refractivity contribution in [3.63, 3.8) is 0 Å². The highest BCUT2D eigenvalue weighted by atomic mass is 32.2. The molecule has 140 valence electrons. The second-order valence-electron chi connectivity index (χ2n) is 7.18. The summed E-state index contributed by atoms with van der Waals surface area (Å²) >= 11 is 0. The molecule has 1 aliphatic heterocycles. The molecule has 0 amide bonds. The van der Waals surface area contributed by atoms with Crippen LogP contribution in [0.2, 0.25) is 0 Å². The molecule has 2 aromatic carbocycles. The number of nitrogens with one attached hydrogen (secondary N) is 1. The van der Waals surface area contributed by atoms with Gasteiger partial charge in [-0.1, -0.05) is 36.8 Å². The monoisotopic (exact) mass is 372 g/mol. The molecular formula is C21H28N2O2S. The van der Waals surface area contributed by atoms with Crippen LogP contribution >= 0.6 is 0 Å². The van der Waals surface area contributed by atoms with Gasteiger partial charge in [-0.3, -0.25) is 4.90 Å². The van der Waals surface area contributed by atoms with E-state index in [-0.39, 0.29) is 0 Å². The van der Waals surface area contributed by atoms with Gasteiger partial charge in [0.05, 0.1) is 4.90 Å². The van der Waals surface area contributed by atoms with Crippen molar-refractivity contribution in [1.82, 2.24) is 9.62 Å². The van der Waals surface area contributed by atoms with Crippen LogP contribution in [0.4, 0.5) is 0 Å². The number of hydrogen-bond acceptors (Lipinski definition) is 3. The van der Waals surface area contributed by atoms with Crippen molar-refractivity contribution >= 4 is 10.0 Å². The van der Waals surface area contributed by atoms with Crippen LogP contribution in [-0.2, 0) is 23.1 Å². The summed E-state index contributed by atoms with van der Waals surface area (Å²) in [5.74, 6) is 0. The van der Waals surface area contributed by atoms with Gasteiger partial charge in [-0.25, -0.2) is 13.1 Å². The van der Waals surface area contributed by atoms with E-state index in [0.29, 0.717) is 11.4 Å². The van der Waals surface area contributed by atoms with Gasteiger partial charge >= 0.3 is 0 Å². The molecule has 0 aliphatic carbocycles. The van der Waals surface area contributed by atoms with Crippen LogP contribution in [0.5, 0.6) is 0 Å². The van der Waals surface area contributed by atoms with Crippen molar-refractivity contribution in [3.05, 3.63) is 64.7 Å². The summed E-state index contributed by atoms with van der Waals surface area (Å²) in [6.45, 7) is 7.38. The molecule has 0 radical (unpaired) electrons. The van der Waals surface area contributed by atoms with Gasteiger partial charge in [0.1, 0.15) is 0 Å². The Balaban J connectivity index is 1.71. The van der Waals surface area contributed by atoms with Crippen LogP contribution in [0.1, 0.15) is 41.5 Å². The number of benzene rings is 2. The first-order valence-electron chi connectivity index (χ1n) is 9.32. The van der Waals surface area contributed by atoms with Crippen molar-refractivity contribution in [2.75, 3.05) is 13.1 Å². The van der Waals surface area contributed by atoms with E-state index in [2.05, 4.69) is 15.7 Å². The molecule has 26 heavy (non-hydrogen) atoms. The molecule has 4 nitrogen and oxygen atoms in total. The molecule has 3 rings (SSSR count). The maximum atomic E-state index is 12.6. The van der Waals surface area contributed by atoms with Crippen molar-refractivity contribution in [1.29, 1.82) is 0 Å². The third-order valence-corrected chi connectivity index (χ3v) is 6.60. The van der Waals surface area contributed by atoms with Crippen LogP contribution < -0.4 is 4.72 Å². The second kappa shape index (κ2) is 8.33. The molecular weight excluding hydrogens is 344 g/mol. The Morgan fingerprint density at radius 2 is 1.62 bits per heavy atom. The molecule has 1 aliphatic rings. The largest absolute Gasteiger partial charge is 0.299 e. The van der Waals surface area contributed by atoms with E-state index in [1.54, 1.807) is 12.1 Å². The summed E-state index contributed by atoms with van der Waals surface area (Å²) in [6.07, 6.45) is 3.82. The number of rotatable bonds is 6. The zero-order valence-electron chi connectivity index (χ0n) is 15.7. The average molecular weight is 373 g/mol. The van der Waals surface area contributed by atoms with Crippen molar-refractivity contribution in [2.45, 2.75) is 51.1 Å². The molecule has 0 unspecified atom stereocenters. The van der Waals surface area contributed by atoms with Crippen LogP contribution in [0.3, 0.4) is 0 Å². The molecule has 1 saturated heterocycles. The summed E-state index contributed by atoms with van der Waals surface area (Å²) < 4.78 is 28.1. The van der Waals surface area contributed by atoms with Gasteiger partial charge in [0.2, 0.25) is 10.0 Å². The van der Waals surface area contributed by atoms with Gasteiger partial charge in [0.25, 0.3) is 0 Å². The van der Waals surface area contributed by atoms with Crippen molar-refractivity contribution in [3.8, 4) is 0 Å². The van der Waals surface area contributed by atoms with Gasteiger partial charge in [0.15, 0.2) is 0 Å². The van der Waals surface area contributed by atoms with Crippen LogP contribution in [0, 0.1) is 13.8 Å². The number of sulfonamides is 1. The minimum absolute atomic E-state index is 0.319. The van der Waals surface area contributed by atoms with Gasteiger partial charge < -0.3 is 0 Å². The van der Waals surface area contributed by atoms with E-state index in [1.807, 2.05) is 38.1 Å². The van der Waals surface area contributed by atoms with E-state index in [0.717, 1.165) is 36.3 Å². The maximum absolute atomic E-state index is 12.6. The fraction of sp³-hybridized carbons (Fsp3) is 0.429. The molecule has 0 saturated carbocycles. The smallest absolute Gasteiger partial charge is 0.240 e. The Morgan fingerprint density at radius 3 is 2.31 bits per heavy atom. The summed E-state index contributed by atoms with van der Waals surface area (Å²) in [5, 5.41) is 0. The fourth-order valence-electron chi connectivity index (χ4n) is 3.38. The van der Waals surface area contributed by atoms with Crippen molar-refractivity contribution in [2.24, 2.45) is 0 Å². The molecule has 2 aromatic rings. The second-order valence-corrected chi connectivity index (χ2v) is 8.94. The minimum atomic E-state index is -3.51. The SMILES string of the molecule is Cc1ccc(S(=O)(=O)NCc2ccccc2CN2CCCCC2)cc1C. The van der Waals surface area contributed by atoms with Crippen LogP contribution in [0.15, 0.2) is 47.4 Å². The van der Waals surface area contributed by atoms with Gasteiger partial charge in [-0.15, -0.1) is 0 Å². The first kappa shape index (κ1) is 19.1. The fourth-order valence-corrected chi connectivity index (χ4v) is 4.47. The summed E-state index contributed by atoms with van der Waals surface area (Å²) in [4.78, 5) is 2.79. The predicted octanol–water partition coefficient (Wildman–Crippen LogP) is 3.77. The lowest BCUT2D eigenvalue weighted by Crippen LogP contribution is -2.30. The molecule has 0 atom stereocenters. The van der Waals surface area contributed by atoms with Crippen LogP contribution in [-0.4, -0.2) is 26.4 Å². The lowest BCUT2D eigenvalue weighted by atomic mass is 10.1. The first-order chi connectivity index (χ1) is 12.5. The molecule has 0 spiro atoms. The zero-order valence-corrected chi connectivity index (χ0v) is 16.5. The van der Waals surface area contributed by atoms with Crippen LogP contribution in [0.25, 0.3) is 0 Å². The van der Waals surface area contributed by atoms with E-state index < -0.39 is 10.0 Å². The Kier molecular flexibility index (Phi) is 6.12. The molecule has 1 heterocycles. The lowest BCUT2D eigenvalue weighted by Gasteiger charge is -2.27. The topological polar surface area (TPSA) is 49.4 Å². The molecule has 0 bridgehead atoms. The Hall–Kier alpha value is -1.69. The standard InChI is InChI=1S/C21H28N2O2S/c1-17-10-11-21(14-18(17)2)26(24,25)22-15-19-8-4-5-9-20(19)16-23-12-6-3-7-13-23/h4-5,8-11,14,22H,3,6-7,12-13,15-16H2,1-2H3. The van der Waals surface area contributed by atoms with E-state index in [1.165, 1.54) is 24.8 Å². The van der Waals surface area contributed by atoms with E-state index >= 15 is 0 Å². The quantitative estimate of drug-likeness (QED) is 0.840. The van der Waals surface area contributed by atoms with E-state index in [4.69, 9.17) is 0 Å². The lowest BCUT2D eigenvalue weighted by molar-refractivity contribution is 0.220. The molecule has 5 heteroatoms. The zero-order chi connectivity index (χ0) is 18.6. The highest BCUT2D eigenvalue weighted by Gasteiger charge is 2.16. The summed E-state index contributed by atoms with van der Waals surface area (Å²) in [5.41, 5.74) is 4.33. The Bertz CT molecular complexity index is 856. The first-order valence-corrected chi connectivity index (χ1v) is 10.8. The third kappa shape index (κ3) is 4.72. The number of piperidine rings is 1. The summed E-state index contributed by atoms with van der Waals surface area (Å²) in [7, 11) is -3.51. The number of aryl methyl sites for hydroxylation is 2. The number of nitrogens with zero attached hydrogens (tertiary/aromatic N) is 1. The normalized spacial score (nSPS) is 15.9. The maximum Gasteiger partial charge on any atom is 0.240 e. The third-order valence-electron chi connectivity index (χ3n) is 5.20. The average Bonchev–Trinajstić information content (AvgIpc) is 2.64. The minimum Gasteiger partial charge on any atom is -0.299 e. The number of hydrogen-bond donors (Lipinski definition) is 1. The van der Waals surface area contributed by atoms with Gasteiger partial charge in [-0.2, -0.15) is 0 Å². The molecule has 1 fully saturated rings. The highest BCUT2D eigenvalue weighted by molar-refractivity contribution is 7.89. The van der Waals surface area contributed by atoms with Crippen molar-refractivity contribution < 1.29 is 8.42 Å². The summed E-state index contributed by atoms with van der Waals surface area (Å²) in [6, 6.07) is 13.4. The Morgan fingerprint density at radius 1 is 0.923 bits per heavy atom. The Labute approximate surface area is 157 Å².